The Labute approximate surface area is 117 Å². The number of methoxy groups -OCH3 is 1. The van der Waals surface area contributed by atoms with Crippen LogP contribution >= 0.6 is 0 Å². The molecule has 0 aliphatic heterocycles. The normalized spacial score (nSPS) is 10.5. The molecule has 0 amide bonds. The van der Waals surface area contributed by atoms with Crippen molar-refractivity contribution in [3.8, 4) is 28.6 Å². The lowest BCUT2D eigenvalue weighted by Gasteiger charge is -2.00. The maximum absolute atomic E-state index is 5.34. The summed E-state index contributed by atoms with van der Waals surface area (Å²) in [5, 5.41) is 4.05. The van der Waals surface area contributed by atoms with Crippen LogP contribution in [0.1, 0.15) is 5.56 Å². The zero-order valence-electron chi connectivity index (χ0n) is 11.3. The van der Waals surface area contributed by atoms with Crippen LogP contribution in [-0.2, 0) is 0 Å². The smallest absolute Gasteiger partial charge is 0.258 e. The molecule has 3 rings (SSSR count). The number of benzene rings is 2. The molecule has 4 nitrogen and oxygen atoms in total. The third-order valence-corrected chi connectivity index (χ3v) is 3.13. The van der Waals surface area contributed by atoms with Gasteiger partial charge >= 0.3 is 0 Å². The van der Waals surface area contributed by atoms with Gasteiger partial charge < -0.3 is 9.26 Å². The van der Waals surface area contributed by atoms with Crippen molar-refractivity contribution < 1.29 is 9.26 Å². The number of nitrogens with zero attached hydrogens (tertiary/aromatic N) is 2. The first-order chi connectivity index (χ1) is 9.78. The van der Waals surface area contributed by atoms with Gasteiger partial charge in [0.2, 0.25) is 5.82 Å². The zero-order chi connectivity index (χ0) is 13.9. The van der Waals surface area contributed by atoms with Crippen LogP contribution in [0.15, 0.2) is 53.1 Å². The molecule has 0 aliphatic carbocycles. The number of hydrogen-bond donors (Lipinski definition) is 0. The van der Waals surface area contributed by atoms with E-state index in [1.165, 1.54) is 0 Å². The highest BCUT2D eigenvalue weighted by Crippen LogP contribution is 2.26. The van der Waals surface area contributed by atoms with Crippen LogP contribution in [0.4, 0.5) is 0 Å². The summed E-state index contributed by atoms with van der Waals surface area (Å²) < 4.78 is 10.5. The molecule has 0 aliphatic rings. The van der Waals surface area contributed by atoms with Crippen molar-refractivity contribution in [3.63, 3.8) is 0 Å². The van der Waals surface area contributed by atoms with Crippen molar-refractivity contribution in [3.05, 3.63) is 54.1 Å². The van der Waals surface area contributed by atoms with Crippen LogP contribution in [0.25, 0.3) is 22.8 Å². The molecule has 3 aromatic rings. The summed E-state index contributed by atoms with van der Waals surface area (Å²) in [6.07, 6.45) is 0. The van der Waals surface area contributed by atoms with Crippen LogP contribution < -0.4 is 4.74 Å². The summed E-state index contributed by atoms with van der Waals surface area (Å²) in [6.45, 7) is 2.02. The molecule has 0 bridgehead atoms. The fraction of sp³-hybridized carbons (Fsp3) is 0.125. The zero-order valence-corrected chi connectivity index (χ0v) is 11.3. The van der Waals surface area contributed by atoms with E-state index < -0.39 is 0 Å². The van der Waals surface area contributed by atoms with Crippen LogP contribution in [0.5, 0.6) is 5.75 Å². The highest BCUT2D eigenvalue weighted by molar-refractivity contribution is 5.63. The Morgan fingerprint density at radius 2 is 1.90 bits per heavy atom. The van der Waals surface area contributed by atoms with Gasteiger partial charge in [-0.3, -0.25) is 0 Å². The van der Waals surface area contributed by atoms with Crippen molar-refractivity contribution in [1.82, 2.24) is 10.1 Å². The molecule has 0 saturated carbocycles. The average molecular weight is 266 g/mol. The molecular weight excluding hydrogens is 252 g/mol. The summed E-state index contributed by atoms with van der Waals surface area (Å²) in [5.41, 5.74) is 2.94. The maximum atomic E-state index is 5.34. The summed E-state index contributed by atoms with van der Waals surface area (Å²) in [4.78, 5) is 4.45. The first kappa shape index (κ1) is 12.4. The SMILES string of the molecule is COc1cccc(-c2nc(-c3ccccc3C)no2)c1. The Balaban J connectivity index is 2.00. The first-order valence-corrected chi connectivity index (χ1v) is 6.32. The van der Waals surface area contributed by atoms with E-state index in [0.29, 0.717) is 11.7 Å². The molecule has 0 radical (unpaired) electrons. The number of ether oxygens (including phenoxy) is 1. The summed E-state index contributed by atoms with van der Waals surface area (Å²) in [7, 11) is 1.63. The van der Waals surface area contributed by atoms with Gasteiger partial charge in [0.25, 0.3) is 5.89 Å². The Bertz CT molecular complexity index is 735. The van der Waals surface area contributed by atoms with E-state index in [1.807, 2.05) is 55.5 Å². The van der Waals surface area contributed by atoms with E-state index in [0.717, 1.165) is 22.4 Å². The van der Waals surface area contributed by atoms with Gasteiger partial charge in [0.1, 0.15) is 5.75 Å². The van der Waals surface area contributed by atoms with Crippen LogP contribution in [-0.4, -0.2) is 17.3 Å². The lowest BCUT2D eigenvalue weighted by atomic mass is 10.1. The number of aryl methyl sites for hydroxylation is 1. The average Bonchev–Trinajstić information content (AvgIpc) is 2.97. The van der Waals surface area contributed by atoms with Gasteiger partial charge in [-0.25, -0.2) is 0 Å². The van der Waals surface area contributed by atoms with Gasteiger partial charge in [-0.05, 0) is 30.7 Å². The van der Waals surface area contributed by atoms with Gasteiger partial charge in [-0.15, -0.1) is 0 Å². The van der Waals surface area contributed by atoms with Crippen molar-refractivity contribution in [2.75, 3.05) is 7.11 Å². The molecule has 0 N–H and O–H groups in total. The Kier molecular flexibility index (Phi) is 3.21. The van der Waals surface area contributed by atoms with Crippen molar-refractivity contribution in [1.29, 1.82) is 0 Å². The second-order valence-electron chi connectivity index (χ2n) is 4.47. The standard InChI is InChI=1S/C16H14N2O2/c1-11-6-3-4-9-14(11)15-17-16(20-18-15)12-7-5-8-13(10-12)19-2/h3-10H,1-2H3. The molecule has 1 aromatic heterocycles. The van der Waals surface area contributed by atoms with Crippen molar-refractivity contribution in [2.24, 2.45) is 0 Å². The van der Waals surface area contributed by atoms with Crippen LogP contribution in [0.3, 0.4) is 0 Å². The van der Waals surface area contributed by atoms with Gasteiger partial charge in [-0.2, -0.15) is 4.98 Å². The quantitative estimate of drug-likeness (QED) is 0.725. The van der Waals surface area contributed by atoms with Gasteiger partial charge in [0.15, 0.2) is 0 Å². The predicted octanol–water partition coefficient (Wildman–Crippen LogP) is 3.72. The molecule has 2 aromatic carbocycles. The van der Waals surface area contributed by atoms with E-state index in [-0.39, 0.29) is 0 Å². The number of aromatic nitrogens is 2. The molecule has 0 fully saturated rings. The number of hydrogen-bond acceptors (Lipinski definition) is 4. The lowest BCUT2D eigenvalue weighted by Crippen LogP contribution is -1.86. The fourth-order valence-corrected chi connectivity index (χ4v) is 2.03. The van der Waals surface area contributed by atoms with Crippen molar-refractivity contribution >= 4 is 0 Å². The minimum atomic E-state index is 0.488. The highest BCUT2D eigenvalue weighted by Gasteiger charge is 2.12. The molecule has 100 valence electrons. The van der Waals surface area contributed by atoms with E-state index in [1.54, 1.807) is 7.11 Å². The monoisotopic (exact) mass is 266 g/mol. The van der Waals surface area contributed by atoms with Gasteiger partial charge in [0.05, 0.1) is 7.11 Å². The predicted molar refractivity (Wildman–Crippen MR) is 76.5 cm³/mol. The van der Waals surface area contributed by atoms with Crippen LogP contribution in [0, 0.1) is 6.92 Å². The topological polar surface area (TPSA) is 48.2 Å². The molecule has 0 saturated heterocycles. The molecule has 4 heteroatoms. The van der Waals surface area contributed by atoms with Gasteiger partial charge in [-0.1, -0.05) is 35.5 Å². The molecular formula is C16H14N2O2. The Hall–Kier alpha value is -2.62. The second kappa shape index (κ2) is 5.17. The third-order valence-electron chi connectivity index (χ3n) is 3.13. The maximum Gasteiger partial charge on any atom is 0.258 e. The first-order valence-electron chi connectivity index (χ1n) is 6.32. The Morgan fingerprint density at radius 3 is 2.70 bits per heavy atom. The van der Waals surface area contributed by atoms with Gasteiger partial charge in [0, 0.05) is 11.1 Å². The van der Waals surface area contributed by atoms with Crippen molar-refractivity contribution in [2.45, 2.75) is 6.92 Å². The van der Waals surface area contributed by atoms with E-state index in [4.69, 9.17) is 9.26 Å². The summed E-state index contributed by atoms with van der Waals surface area (Å²) in [5.74, 6) is 1.85. The van der Waals surface area contributed by atoms with Crippen LogP contribution in [0.2, 0.25) is 0 Å². The third kappa shape index (κ3) is 2.28. The minimum absolute atomic E-state index is 0.488. The summed E-state index contributed by atoms with van der Waals surface area (Å²) in [6, 6.07) is 15.5. The molecule has 0 spiro atoms. The lowest BCUT2D eigenvalue weighted by molar-refractivity contribution is 0.413. The summed E-state index contributed by atoms with van der Waals surface area (Å²) >= 11 is 0. The molecule has 20 heavy (non-hydrogen) atoms. The molecule has 1 heterocycles. The molecule has 0 unspecified atom stereocenters. The van der Waals surface area contributed by atoms with E-state index in [9.17, 15) is 0 Å². The van der Waals surface area contributed by atoms with E-state index in [2.05, 4.69) is 10.1 Å². The fourth-order valence-electron chi connectivity index (χ4n) is 2.03. The van der Waals surface area contributed by atoms with E-state index >= 15 is 0 Å². The highest BCUT2D eigenvalue weighted by atomic mass is 16.5. The second-order valence-corrected chi connectivity index (χ2v) is 4.47. The minimum Gasteiger partial charge on any atom is -0.497 e. The Morgan fingerprint density at radius 1 is 1.05 bits per heavy atom. The number of rotatable bonds is 3. The largest absolute Gasteiger partial charge is 0.497 e. The molecule has 0 atom stereocenters.